The molecule has 206 valence electrons. The Morgan fingerprint density at radius 1 is 0.846 bits per heavy atom. The third-order valence-electron chi connectivity index (χ3n) is 7.07. The summed E-state index contributed by atoms with van der Waals surface area (Å²) < 4.78 is 12.2. The minimum absolute atomic E-state index is 0.396. The van der Waals surface area contributed by atoms with E-state index in [1.54, 1.807) is 6.21 Å². The van der Waals surface area contributed by atoms with Gasteiger partial charge in [-0.25, -0.2) is 5.43 Å². The van der Waals surface area contributed by atoms with Crippen molar-refractivity contribution in [1.29, 1.82) is 0 Å². The van der Waals surface area contributed by atoms with Gasteiger partial charge in [0.05, 0.1) is 6.21 Å². The molecule has 2 fully saturated rings. The molecule has 5 rings (SSSR count). The normalized spacial score (nSPS) is 15.5. The zero-order chi connectivity index (χ0) is 27.0. The van der Waals surface area contributed by atoms with Crippen LogP contribution in [0.15, 0.2) is 47.6 Å². The Hall–Kier alpha value is -3.88. The van der Waals surface area contributed by atoms with Crippen LogP contribution in [0, 0.1) is 6.92 Å². The molecule has 2 aliphatic rings. The molecule has 1 N–H and O–H groups in total. The van der Waals surface area contributed by atoms with Gasteiger partial charge in [0, 0.05) is 31.7 Å². The molecule has 0 saturated carbocycles. The zero-order valence-corrected chi connectivity index (χ0v) is 23.3. The van der Waals surface area contributed by atoms with E-state index in [0.717, 1.165) is 80.8 Å². The van der Waals surface area contributed by atoms with Gasteiger partial charge in [0.25, 0.3) is 0 Å². The van der Waals surface area contributed by atoms with Crippen LogP contribution in [-0.4, -0.2) is 60.6 Å². The molecule has 0 amide bonds. The number of benzene rings is 2. The topological polar surface area (TPSA) is 88.0 Å². The van der Waals surface area contributed by atoms with Crippen molar-refractivity contribution in [1.82, 2.24) is 15.0 Å². The SMILES string of the molecule is Cc1ccc(C(C)C)c(OCCOc2ccccc2/C=N/Nc2nc(N3CCCC3)nc(N3CCCC3)n2)c1. The van der Waals surface area contributed by atoms with E-state index in [1.165, 1.54) is 11.1 Å². The minimum atomic E-state index is 0.396. The van der Waals surface area contributed by atoms with Gasteiger partial charge in [-0.2, -0.15) is 20.1 Å². The maximum absolute atomic E-state index is 6.09. The summed E-state index contributed by atoms with van der Waals surface area (Å²) in [4.78, 5) is 18.5. The summed E-state index contributed by atoms with van der Waals surface area (Å²) in [6, 6.07) is 14.2. The summed E-state index contributed by atoms with van der Waals surface area (Å²) in [6.45, 7) is 11.2. The fraction of sp³-hybridized carbons (Fsp3) is 0.467. The highest BCUT2D eigenvalue weighted by Crippen LogP contribution is 2.28. The number of anilines is 3. The van der Waals surface area contributed by atoms with Gasteiger partial charge in [0.1, 0.15) is 24.7 Å². The first-order valence-electron chi connectivity index (χ1n) is 14.1. The van der Waals surface area contributed by atoms with E-state index in [-0.39, 0.29) is 0 Å². The van der Waals surface area contributed by atoms with Crippen LogP contribution in [-0.2, 0) is 0 Å². The number of aryl methyl sites for hydroxylation is 1. The first-order valence-corrected chi connectivity index (χ1v) is 14.1. The molecule has 2 saturated heterocycles. The van der Waals surface area contributed by atoms with Gasteiger partial charge in [0.15, 0.2) is 0 Å². The van der Waals surface area contributed by atoms with Crippen LogP contribution in [0.25, 0.3) is 0 Å². The second kappa shape index (κ2) is 12.8. The molecule has 2 aromatic carbocycles. The van der Waals surface area contributed by atoms with E-state index in [0.29, 0.717) is 25.1 Å². The fourth-order valence-corrected chi connectivity index (χ4v) is 4.95. The number of nitrogens with zero attached hydrogens (tertiary/aromatic N) is 6. The second-order valence-corrected chi connectivity index (χ2v) is 10.4. The molecule has 3 heterocycles. The molecule has 2 aliphatic heterocycles. The Kier molecular flexibility index (Phi) is 8.75. The Morgan fingerprint density at radius 3 is 2.10 bits per heavy atom. The lowest BCUT2D eigenvalue weighted by Gasteiger charge is -2.20. The number of nitrogens with one attached hydrogen (secondary N) is 1. The maximum atomic E-state index is 6.09. The monoisotopic (exact) mass is 529 g/mol. The molecule has 9 nitrogen and oxygen atoms in total. The Morgan fingerprint density at radius 2 is 1.46 bits per heavy atom. The molecule has 9 heteroatoms. The standard InChI is InChI=1S/C30H39N7O2/c1-22(2)25-13-12-23(3)20-27(25)39-19-18-38-26-11-5-4-10-24(26)21-31-35-28-32-29(36-14-6-7-15-36)34-30(33-28)37-16-8-9-17-37/h4-5,10-13,20-22H,6-9,14-19H2,1-3H3,(H,32,33,34,35)/b31-21+. The van der Waals surface area contributed by atoms with Gasteiger partial charge < -0.3 is 19.3 Å². The first kappa shape index (κ1) is 26.7. The third-order valence-corrected chi connectivity index (χ3v) is 7.07. The predicted octanol–water partition coefficient (Wildman–Crippen LogP) is 5.41. The lowest BCUT2D eigenvalue weighted by Crippen LogP contribution is -2.25. The number of hydrazone groups is 1. The number of hydrogen-bond donors (Lipinski definition) is 1. The number of para-hydroxylation sites is 1. The molecule has 39 heavy (non-hydrogen) atoms. The number of aromatic nitrogens is 3. The van der Waals surface area contributed by atoms with Gasteiger partial charge in [-0.1, -0.05) is 38.1 Å². The van der Waals surface area contributed by atoms with E-state index >= 15 is 0 Å². The molecule has 0 aliphatic carbocycles. The van der Waals surface area contributed by atoms with Crippen LogP contribution >= 0.6 is 0 Å². The summed E-state index contributed by atoms with van der Waals surface area (Å²) in [7, 11) is 0. The average molecular weight is 530 g/mol. The highest BCUT2D eigenvalue weighted by molar-refractivity contribution is 5.83. The zero-order valence-electron chi connectivity index (χ0n) is 23.3. The van der Waals surface area contributed by atoms with Crippen LogP contribution in [0.4, 0.5) is 17.8 Å². The van der Waals surface area contributed by atoms with Gasteiger partial charge in [-0.05, 0) is 67.9 Å². The maximum Gasteiger partial charge on any atom is 0.250 e. The van der Waals surface area contributed by atoms with Crippen LogP contribution in [0.3, 0.4) is 0 Å². The number of hydrogen-bond acceptors (Lipinski definition) is 9. The molecule has 0 atom stereocenters. The molecule has 0 spiro atoms. The van der Waals surface area contributed by atoms with E-state index in [9.17, 15) is 0 Å². The highest BCUT2D eigenvalue weighted by atomic mass is 16.5. The highest BCUT2D eigenvalue weighted by Gasteiger charge is 2.21. The van der Waals surface area contributed by atoms with Crippen molar-refractivity contribution in [2.24, 2.45) is 5.10 Å². The lowest BCUT2D eigenvalue weighted by atomic mass is 10.0. The van der Waals surface area contributed by atoms with Crippen LogP contribution in [0.1, 0.15) is 62.1 Å². The average Bonchev–Trinajstić information content (AvgIpc) is 3.67. The lowest BCUT2D eigenvalue weighted by molar-refractivity contribution is 0.215. The molecule has 0 bridgehead atoms. The summed E-state index contributed by atoms with van der Waals surface area (Å²) in [5.74, 6) is 3.96. The molecule has 1 aromatic heterocycles. The molecular formula is C30H39N7O2. The van der Waals surface area contributed by atoms with Crippen LogP contribution in [0.5, 0.6) is 11.5 Å². The van der Waals surface area contributed by atoms with E-state index in [1.807, 2.05) is 24.3 Å². The van der Waals surface area contributed by atoms with E-state index in [2.05, 4.69) is 69.3 Å². The Labute approximate surface area is 231 Å². The van der Waals surface area contributed by atoms with Crippen LogP contribution < -0.4 is 24.7 Å². The van der Waals surface area contributed by atoms with Crippen molar-refractivity contribution in [3.05, 3.63) is 59.2 Å². The summed E-state index contributed by atoms with van der Waals surface area (Å²) in [6.07, 6.45) is 6.39. The van der Waals surface area contributed by atoms with Crippen LogP contribution in [0.2, 0.25) is 0 Å². The Balaban J connectivity index is 1.22. The van der Waals surface area contributed by atoms with Crippen molar-refractivity contribution >= 4 is 24.1 Å². The summed E-state index contributed by atoms with van der Waals surface area (Å²) in [5, 5.41) is 4.45. The third kappa shape index (κ3) is 6.96. The number of ether oxygens (including phenoxy) is 2. The largest absolute Gasteiger partial charge is 0.490 e. The molecule has 0 unspecified atom stereocenters. The van der Waals surface area contributed by atoms with Crippen molar-refractivity contribution in [2.75, 3.05) is 54.6 Å². The van der Waals surface area contributed by atoms with Crippen molar-refractivity contribution in [3.63, 3.8) is 0 Å². The van der Waals surface area contributed by atoms with Crippen molar-refractivity contribution in [3.8, 4) is 11.5 Å². The minimum Gasteiger partial charge on any atom is -0.490 e. The van der Waals surface area contributed by atoms with Crippen molar-refractivity contribution in [2.45, 2.75) is 52.4 Å². The molecule has 3 aromatic rings. The summed E-state index contributed by atoms with van der Waals surface area (Å²) >= 11 is 0. The Bertz CT molecular complexity index is 1230. The number of rotatable bonds is 11. The molecule has 0 radical (unpaired) electrons. The van der Waals surface area contributed by atoms with Gasteiger partial charge >= 0.3 is 0 Å². The van der Waals surface area contributed by atoms with Gasteiger partial charge in [-0.3, -0.25) is 0 Å². The first-order chi connectivity index (χ1) is 19.1. The smallest absolute Gasteiger partial charge is 0.250 e. The predicted molar refractivity (Wildman–Crippen MR) is 157 cm³/mol. The molecular weight excluding hydrogens is 490 g/mol. The summed E-state index contributed by atoms with van der Waals surface area (Å²) in [5.41, 5.74) is 6.28. The van der Waals surface area contributed by atoms with Crippen molar-refractivity contribution < 1.29 is 9.47 Å². The fourth-order valence-electron chi connectivity index (χ4n) is 4.95. The quantitative estimate of drug-likeness (QED) is 0.200. The van der Waals surface area contributed by atoms with E-state index < -0.39 is 0 Å². The second-order valence-electron chi connectivity index (χ2n) is 10.4. The van der Waals surface area contributed by atoms with E-state index in [4.69, 9.17) is 14.5 Å². The van der Waals surface area contributed by atoms with Gasteiger partial charge in [0.2, 0.25) is 17.8 Å². The van der Waals surface area contributed by atoms with Gasteiger partial charge in [-0.15, -0.1) is 0 Å².